The van der Waals surface area contributed by atoms with Gasteiger partial charge >= 0.3 is 0 Å². The van der Waals surface area contributed by atoms with Gasteiger partial charge in [0.25, 0.3) is 0 Å². The van der Waals surface area contributed by atoms with Crippen LogP contribution < -0.4 is 5.32 Å². The van der Waals surface area contributed by atoms with Crippen LogP contribution >= 0.6 is 11.8 Å². The molecule has 0 spiro atoms. The molecule has 1 fully saturated rings. The van der Waals surface area contributed by atoms with E-state index in [1.807, 2.05) is 0 Å². The van der Waals surface area contributed by atoms with E-state index in [2.05, 4.69) is 49.7 Å². The lowest BCUT2D eigenvalue weighted by Crippen LogP contribution is -2.48. The summed E-state index contributed by atoms with van der Waals surface area (Å²) in [5.74, 6) is 2.66. The van der Waals surface area contributed by atoms with E-state index in [4.69, 9.17) is 0 Å². The molecule has 1 aliphatic heterocycles. The first-order valence-corrected chi connectivity index (χ1v) is 7.75. The van der Waals surface area contributed by atoms with Crippen LogP contribution in [0.5, 0.6) is 0 Å². The van der Waals surface area contributed by atoms with Crippen LogP contribution in [0.1, 0.15) is 40.5 Å². The molecule has 16 heavy (non-hydrogen) atoms. The molecule has 0 saturated carbocycles. The summed E-state index contributed by atoms with van der Waals surface area (Å²) in [4.78, 5) is 2.68. The minimum absolute atomic E-state index is 0.244. The fraction of sp³-hybridized carbons (Fsp3) is 1.00. The molecule has 1 atom stereocenters. The number of hydrogen-bond donors (Lipinski definition) is 1. The van der Waals surface area contributed by atoms with E-state index in [0.717, 1.165) is 12.6 Å². The van der Waals surface area contributed by atoms with Gasteiger partial charge in [0.1, 0.15) is 0 Å². The minimum Gasteiger partial charge on any atom is -0.311 e. The number of hydrogen-bond acceptors (Lipinski definition) is 3. The number of rotatable bonds is 4. The summed E-state index contributed by atoms with van der Waals surface area (Å²) in [5.41, 5.74) is 0.244. The smallest absolute Gasteiger partial charge is 0.0218 e. The zero-order valence-corrected chi connectivity index (χ0v) is 12.2. The summed E-state index contributed by atoms with van der Waals surface area (Å²) < 4.78 is 0. The predicted molar refractivity (Wildman–Crippen MR) is 75.3 cm³/mol. The van der Waals surface area contributed by atoms with Gasteiger partial charge in [-0.3, -0.25) is 4.90 Å². The average Bonchev–Trinajstić information content (AvgIpc) is 2.46. The molecule has 3 heteroatoms. The van der Waals surface area contributed by atoms with Gasteiger partial charge in [0.2, 0.25) is 0 Å². The van der Waals surface area contributed by atoms with Crippen molar-refractivity contribution < 1.29 is 0 Å². The Morgan fingerprint density at radius 1 is 1.25 bits per heavy atom. The van der Waals surface area contributed by atoms with E-state index in [1.165, 1.54) is 37.4 Å². The average molecular weight is 244 g/mol. The van der Waals surface area contributed by atoms with Crippen LogP contribution in [0.4, 0.5) is 0 Å². The van der Waals surface area contributed by atoms with Gasteiger partial charge in [-0.05, 0) is 45.9 Å². The molecule has 1 N–H and O–H groups in total. The van der Waals surface area contributed by atoms with E-state index >= 15 is 0 Å². The molecule has 1 saturated heterocycles. The van der Waals surface area contributed by atoms with Gasteiger partial charge in [-0.15, -0.1) is 0 Å². The Balaban J connectivity index is 2.39. The van der Waals surface area contributed by atoms with Crippen molar-refractivity contribution in [3.05, 3.63) is 0 Å². The molecule has 0 amide bonds. The maximum atomic E-state index is 3.64. The third-order valence-corrected chi connectivity index (χ3v) is 4.16. The Kier molecular flexibility index (Phi) is 6.16. The highest BCUT2D eigenvalue weighted by Crippen LogP contribution is 2.14. The third kappa shape index (κ3) is 5.55. The molecule has 0 bridgehead atoms. The first-order valence-electron chi connectivity index (χ1n) is 6.60. The maximum Gasteiger partial charge on any atom is 0.0218 e. The van der Waals surface area contributed by atoms with E-state index < -0.39 is 0 Å². The van der Waals surface area contributed by atoms with Gasteiger partial charge in [0.05, 0.1) is 0 Å². The van der Waals surface area contributed by atoms with Gasteiger partial charge in [-0.2, -0.15) is 11.8 Å². The molecule has 0 aromatic rings. The number of nitrogens with zero attached hydrogens (tertiary/aromatic N) is 1. The largest absolute Gasteiger partial charge is 0.311 e. The van der Waals surface area contributed by atoms with Crippen molar-refractivity contribution in [1.29, 1.82) is 0 Å². The highest BCUT2D eigenvalue weighted by atomic mass is 32.2. The molecule has 96 valence electrons. The molecule has 1 rings (SSSR count). The molecule has 0 aromatic heterocycles. The lowest BCUT2D eigenvalue weighted by molar-refractivity contribution is 0.190. The summed E-state index contributed by atoms with van der Waals surface area (Å²) in [6.45, 7) is 12.7. The van der Waals surface area contributed by atoms with Crippen LogP contribution in [0.2, 0.25) is 0 Å². The van der Waals surface area contributed by atoms with Crippen molar-refractivity contribution >= 4 is 11.8 Å². The Labute approximate surface area is 106 Å². The molecule has 0 aliphatic carbocycles. The fourth-order valence-corrected chi connectivity index (χ4v) is 2.99. The predicted octanol–water partition coefficient (Wildman–Crippen LogP) is 2.59. The number of nitrogens with one attached hydrogen (secondary N) is 1. The van der Waals surface area contributed by atoms with Crippen LogP contribution in [0.15, 0.2) is 0 Å². The normalized spacial score (nSPS) is 21.8. The Morgan fingerprint density at radius 2 is 2.00 bits per heavy atom. The highest BCUT2D eigenvalue weighted by Gasteiger charge is 2.20. The van der Waals surface area contributed by atoms with Crippen LogP contribution in [-0.2, 0) is 0 Å². The second kappa shape index (κ2) is 6.87. The van der Waals surface area contributed by atoms with Crippen molar-refractivity contribution in [3.63, 3.8) is 0 Å². The molecular weight excluding hydrogens is 216 g/mol. The quantitative estimate of drug-likeness (QED) is 0.818. The lowest BCUT2D eigenvalue weighted by Gasteiger charge is -2.32. The van der Waals surface area contributed by atoms with Crippen molar-refractivity contribution in [2.75, 3.05) is 31.1 Å². The van der Waals surface area contributed by atoms with Crippen molar-refractivity contribution in [2.45, 2.75) is 52.1 Å². The van der Waals surface area contributed by atoms with Crippen molar-refractivity contribution in [2.24, 2.45) is 0 Å². The summed E-state index contributed by atoms with van der Waals surface area (Å²) in [6.07, 6.45) is 2.62. The fourth-order valence-electron chi connectivity index (χ4n) is 2.09. The lowest BCUT2D eigenvalue weighted by atomic mass is 10.1. The summed E-state index contributed by atoms with van der Waals surface area (Å²) >= 11 is 2.11. The highest BCUT2D eigenvalue weighted by molar-refractivity contribution is 7.99. The maximum absolute atomic E-state index is 3.64. The van der Waals surface area contributed by atoms with E-state index in [9.17, 15) is 0 Å². The van der Waals surface area contributed by atoms with E-state index in [1.54, 1.807) is 0 Å². The molecule has 0 aromatic carbocycles. The number of thioether (sulfide) groups is 1. The molecule has 1 unspecified atom stereocenters. The van der Waals surface area contributed by atoms with Crippen LogP contribution in [-0.4, -0.2) is 47.6 Å². The second-order valence-electron chi connectivity index (χ2n) is 5.69. The van der Waals surface area contributed by atoms with Crippen molar-refractivity contribution in [1.82, 2.24) is 10.2 Å². The van der Waals surface area contributed by atoms with Gasteiger partial charge < -0.3 is 5.32 Å². The van der Waals surface area contributed by atoms with Gasteiger partial charge in [0.15, 0.2) is 0 Å². The van der Waals surface area contributed by atoms with E-state index in [-0.39, 0.29) is 5.54 Å². The van der Waals surface area contributed by atoms with Gasteiger partial charge in [0, 0.05) is 30.4 Å². The topological polar surface area (TPSA) is 15.3 Å². The van der Waals surface area contributed by atoms with Gasteiger partial charge in [-0.25, -0.2) is 0 Å². The zero-order chi connectivity index (χ0) is 12.0. The minimum atomic E-state index is 0.244. The first-order chi connectivity index (χ1) is 7.53. The standard InChI is InChI=1S/C13H28N2S/c1-5-12(11-14-13(2,3)4)15-7-6-9-16-10-8-15/h12,14H,5-11H2,1-4H3. The Hall–Kier alpha value is 0.270. The Bertz CT molecular complexity index is 181. The van der Waals surface area contributed by atoms with Crippen LogP contribution in [0.3, 0.4) is 0 Å². The third-order valence-electron chi connectivity index (χ3n) is 3.11. The molecular formula is C13H28N2S. The summed E-state index contributed by atoms with van der Waals surface area (Å²) in [7, 11) is 0. The Morgan fingerprint density at radius 3 is 2.62 bits per heavy atom. The van der Waals surface area contributed by atoms with Crippen molar-refractivity contribution in [3.8, 4) is 0 Å². The van der Waals surface area contributed by atoms with Crippen LogP contribution in [0.25, 0.3) is 0 Å². The summed E-state index contributed by atoms with van der Waals surface area (Å²) in [6, 6.07) is 0.720. The second-order valence-corrected chi connectivity index (χ2v) is 6.92. The molecule has 0 radical (unpaired) electrons. The van der Waals surface area contributed by atoms with Crippen LogP contribution in [0, 0.1) is 0 Å². The first kappa shape index (κ1) is 14.3. The monoisotopic (exact) mass is 244 g/mol. The molecule has 1 aliphatic rings. The molecule has 2 nitrogen and oxygen atoms in total. The zero-order valence-electron chi connectivity index (χ0n) is 11.4. The summed E-state index contributed by atoms with van der Waals surface area (Å²) in [5, 5.41) is 3.64. The SMILES string of the molecule is CCC(CNC(C)(C)C)N1CCCSCC1. The van der Waals surface area contributed by atoms with Gasteiger partial charge in [-0.1, -0.05) is 6.92 Å². The molecule has 1 heterocycles. The van der Waals surface area contributed by atoms with E-state index in [0.29, 0.717) is 0 Å².